The van der Waals surface area contributed by atoms with Gasteiger partial charge in [0.1, 0.15) is 5.82 Å². The van der Waals surface area contributed by atoms with E-state index in [0.717, 1.165) is 0 Å². The highest BCUT2D eigenvalue weighted by molar-refractivity contribution is 5.17. The van der Waals surface area contributed by atoms with Crippen LogP contribution >= 0.6 is 0 Å². The van der Waals surface area contributed by atoms with E-state index in [1.807, 2.05) is 26.8 Å². The number of aliphatic hydroxyl groups is 1. The van der Waals surface area contributed by atoms with Crippen LogP contribution in [-0.4, -0.2) is 36.5 Å². The van der Waals surface area contributed by atoms with Crippen molar-refractivity contribution in [2.45, 2.75) is 38.9 Å². The van der Waals surface area contributed by atoms with Gasteiger partial charge >= 0.3 is 0 Å². The lowest BCUT2D eigenvalue weighted by Gasteiger charge is -2.22. The van der Waals surface area contributed by atoms with Crippen molar-refractivity contribution in [1.82, 2.24) is 5.32 Å². The molecule has 0 aliphatic carbocycles. The Bertz CT molecular complexity index is 377. The summed E-state index contributed by atoms with van der Waals surface area (Å²) in [5, 5.41) is 12.8. The summed E-state index contributed by atoms with van der Waals surface area (Å²) in [6.45, 7) is 7.23. The lowest BCUT2D eigenvalue weighted by Crippen LogP contribution is -2.34. The van der Waals surface area contributed by atoms with Crippen LogP contribution in [0.4, 0.5) is 4.39 Å². The molecule has 1 aromatic rings. The summed E-state index contributed by atoms with van der Waals surface area (Å²) in [6, 6.07) is 6.74. The van der Waals surface area contributed by atoms with Crippen LogP contribution in [0.3, 0.4) is 0 Å². The van der Waals surface area contributed by atoms with Crippen molar-refractivity contribution in [3.63, 3.8) is 0 Å². The molecule has 1 rings (SSSR count). The SMILES string of the molecule is CC(C)(C)OCC(O)CNCCc1ccccc1F. The second kappa shape index (κ2) is 7.58. The molecule has 0 spiro atoms. The van der Waals surface area contributed by atoms with Crippen LogP contribution in [0.5, 0.6) is 0 Å². The number of hydrogen-bond donors (Lipinski definition) is 2. The minimum absolute atomic E-state index is 0.180. The van der Waals surface area contributed by atoms with Crippen LogP contribution < -0.4 is 5.32 Å². The highest BCUT2D eigenvalue weighted by Gasteiger charge is 2.13. The first kappa shape index (κ1) is 16.1. The Hall–Kier alpha value is -0.970. The molecule has 4 heteroatoms. The van der Waals surface area contributed by atoms with E-state index in [0.29, 0.717) is 31.7 Å². The first-order valence-electron chi connectivity index (χ1n) is 6.64. The third-order valence-electron chi connectivity index (χ3n) is 2.62. The zero-order valence-electron chi connectivity index (χ0n) is 11.9. The molecule has 0 saturated heterocycles. The van der Waals surface area contributed by atoms with Gasteiger partial charge in [0.05, 0.1) is 18.3 Å². The maximum atomic E-state index is 13.3. The van der Waals surface area contributed by atoms with Gasteiger partial charge in [-0.15, -0.1) is 0 Å². The van der Waals surface area contributed by atoms with Gasteiger partial charge in [0.15, 0.2) is 0 Å². The Morgan fingerprint density at radius 3 is 2.63 bits per heavy atom. The largest absolute Gasteiger partial charge is 0.389 e. The summed E-state index contributed by atoms with van der Waals surface area (Å²) < 4.78 is 18.8. The molecule has 3 nitrogen and oxygen atoms in total. The van der Waals surface area contributed by atoms with Crippen molar-refractivity contribution in [3.8, 4) is 0 Å². The van der Waals surface area contributed by atoms with E-state index in [2.05, 4.69) is 5.32 Å². The number of aliphatic hydroxyl groups excluding tert-OH is 1. The average Bonchev–Trinajstić information content (AvgIpc) is 2.33. The fourth-order valence-electron chi connectivity index (χ4n) is 1.60. The zero-order chi connectivity index (χ0) is 14.3. The van der Waals surface area contributed by atoms with Crippen molar-refractivity contribution in [1.29, 1.82) is 0 Å². The summed E-state index contributed by atoms with van der Waals surface area (Å²) >= 11 is 0. The number of ether oxygens (including phenoxy) is 1. The molecule has 1 atom stereocenters. The molecule has 108 valence electrons. The summed E-state index contributed by atoms with van der Waals surface area (Å²) in [6.07, 6.45) is 0.0688. The second-order valence-electron chi connectivity index (χ2n) is 5.62. The van der Waals surface area contributed by atoms with Gasteiger partial charge in [0, 0.05) is 6.54 Å². The van der Waals surface area contributed by atoms with Crippen LogP contribution in [0.15, 0.2) is 24.3 Å². The fraction of sp³-hybridized carbons (Fsp3) is 0.600. The topological polar surface area (TPSA) is 41.5 Å². The average molecular weight is 269 g/mol. The molecule has 0 radical (unpaired) electrons. The van der Waals surface area contributed by atoms with Crippen molar-refractivity contribution >= 4 is 0 Å². The van der Waals surface area contributed by atoms with Gasteiger partial charge in [-0.25, -0.2) is 4.39 Å². The molecule has 1 unspecified atom stereocenters. The Labute approximate surface area is 114 Å². The lowest BCUT2D eigenvalue weighted by atomic mass is 10.1. The smallest absolute Gasteiger partial charge is 0.126 e. The molecule has 0 bridgehead atoms. The Balaban J connectivity index is 2.15. The van der Waals surface area contributed by atoms with E-state index in [1.165, 1.54) is 6.07 Å². The van der Waals surface area contributed by atoms with E-state index < -0.39 is 6.10 Å². The normalized spacial score (nSPS) is 13.5. The molecule has 2 N–H and O–H groups in total. The summed E-state index contributed by atoms with van der Waals surface area (Å²) in [5.74, 6) is -0.180. The molecule has 0 amide bonds. The van der Waals surface area contributed by atoms with Gasteiger partial charge in [-0.2, -0.15) is 0 Å². The molecule has 1 aromatic carbocycles. The molecule has 0 heterocycles. The fourth-order valence-corrected chi connectivity index (χ4v) is 1.60. The zero-order valence-corrected chi connectivity index (χ0v) is 11.9. The van der Waals surface area contributed by atoms with E-state index in [-0.39, 0.29) is 11.4 Å². The standard InChI is InChI=1S/C15H24FNO2/c1-15(2,3)19-11-13(18)10-17-9-8-12-6-4-5-7-14(12)16/h4-7,13,17-18H,8-11H2,1-3H3. The van der Waals surface area contributed by atoms with Crippen LogP contribution in [0.1, 0.15) is 26.3 Å². The lowest BCUT2D eigenvalue weighted by molar-refractivity contribution is -0.0477. The molecular formula is C15H24FNO2. The second-order valence-corrected chi connectivity index (χ2v) is 5.62. The Kier molecular flexibility index (Phi) is 6.42. The van der Waals surface area contributed by atoms with Crippen LogP contribution in [0.25, 0.3) is 0 Å². The highest BCUT2D eigenvalue weighted by Crippen LogP contribution is 2.07. The molecule has 0 aliphatic rings. The van der Waals surface area contributed by atoms with Gasteiger partial charge < -0.3 is 15.2 Å². The van der Waals surface area contributed by atoms with Crippen LogP contribution in [-0.2, 0) is 11.2 Å². The Morgan fingerprint density at radius 2 is 2.00 bits per heavy atom. The van der Waals surface area contributed by atoms with E-state index in [9.17, 15) is 9.50 Å². The maximum absolute atomic E-state index is 13.3. The number of benzene rings is 1. The molecule has 0 saturated carbocycles. The van der Waals surface area contributed by atoms with E-state index in [4.69, 9.17) is 4.74 Å². The summed E-state index contributed by atoms with van der Waals surface area (Å²) in [7, 11) is 0. The van der Waals surface area contributed by atoms with Crippen molar-refractivity contribution < 1.29 is 14.2 Å². The number of hydrogen-bond acceptors (Lipinski definition) is 3. The van der Waals surface area contributed by atoms with Crippen LogP contribution in [0.2, 0.25) is 0 Å². The quantitative estimate of drug-likeness (QED) is 0.745. The number of nitrogens with one attached hydrogen (secondary N) is 1. The summed E-state index contributed by atoms with van der Waals surface area (Å²) in [4.78, 5) is 0. The first-order chi connectivity index (χ1) is 8.88. The van der Waals surface area contributed by atoms with Gasteiger partial charge in [-0.05, 0) is 45.4 Å². The number of rotatable bonds is 7. The third-order valence-corrected chi connectivity index (χ3v) is 2.62. The molecule has 0 aromatic heterocycles. The van der Waals surface area contributed by atoms with Crippen LogP contribution in [0, 0.1) is 5.82 Å². The first-order valence-corrected chi connectivity index (χ1v) is 6.64. The minimum atomic E-state index is -0.542. The van der Waals surface area contributed by atoms with Gasteiger partial charge in [0.2, 0.25) is 0 Å². The third kappa shape index (κ3) is 7.25. The molecular weight excluding hydrogens is 245 g/mol. The number of halogens is 1. The van der Waals surface area contributed by atoms with Gasteiger partial charge in [-0.1, -0.05) is 18.2 Å². The monoisotopic (exact) mass is 269 g/mol. The predicted molar refractivity (Wildman–Crippen MR) is 74.7 cm³/mol. The Morgan fingerprint density at radius 1 is 1.32 bits per heavy atom. The molecule has 0 fully saturated rings. The van der Waals surface area contributed by atoms with Crippen molar-refractivity contribution in [3.05, 3.63) is 35.6 Å². The minimum Gasteiger partial charge on any atom is -0.389 e. The molecule has 0 aliphatic heterocycles. The maximum Gasteiger partial charge on any atom is 0.126 e. The van der Waals surface area contributed by atoms with E-state index in [1.54, 1.807) is 12.1 Å². The van der Waals surface area contributed by atoms with E-state index >= 15 is 0 Å². The van der Waals surface area contributed by atoms with Gasteiger partial charge in [-0.3, -0.25) is 0 Å². The van der Waals surface area contributed by atoms with Gasteiger partial charge in [0.25, 0.3) is 0 Å². The van der Waals surface area contributed by atoms with Crippen molar-refractivity contribution in [2.75, 3.05) is 19.7 Å². The highest BCUT2D eigenvalue weighted by atomic mass is 19.1. The summed E-state index contributed by atoms with van der Waals surface area (Å²) in [5.41, 5.74) is 0.448. The molecule has 19 heavy (non-hydrogen) atoms. The predicted octanol–water partition coefficient (Wildman–Crippen LogP) is 2.13. The van der Waals surface area contributed by atoms with Crippen molar-refractivity contribution in [2.24, 2.45) is 0 Å².